The van der Waals surface area contributed by atoms with Gasteiger partial charge in [-0.3, -0.25) is 0 Å². The lowest BCUT2D eigenvalue weighted by Crippen LogP contribution is -2.21. The van der Waals surface area contributed by atoms with E-state index in [0.717, 1.165) is 35.3 Å². The molecular weight excluding hydrogens is 342 g/mol. The van der Waals surface area contributed by atoms with Crippen LogP contribution in [0.1, 0.15) is 21.5 Å². The minimum absolute atomic E-state index is 0.177. The van der Waals surface area contributed by atoms with Crippen LogP contribution in [0.15, 0.2) is 48.7 Å². The molecule has 7 heteroatoms. The number of nitrogens with zero attached hydrogens (tertiary/aromatic N) is 3. The average molecular weight is 361 g/mol. The fourth-order valence-electron chi connectivity index (χ4n) is 3.38. The lowest BCUT2D eigenvalue weighted by atomic mass is 10.0. The minimum atomic E-state index is -0.919. The van der Waals surface area contributed by atoms with Crippen molar-refractivity contribution in [3.8, 4) is 11.1 Å². The van der Waals surface area contributed by atoms with Crippen LogP contribution in [0.4, 0.5) is 17.5 Å². The van der Waals surface area contributed by atoms with Crippen molar-refractivity contribution < 1.29 is 9.90 Å². The molecule has 0 atom stereocenters. The second-order valence-electron chi connectivity index (χ2n) is 6.54. The molecule has 1 aliphatic heterocycles. The highest BCUT2D eigenvalue weighted by Gasteiger charge is 2.21. The molecule has 0 bridgehead atoms. The number of hydrogen-bond donors (Lipinski definition) is 3. The van der Waals surface area contributed by atoms with Gasteiger partial charge in [0, 0.05) is 30.5 Å². The Labute approximate surface area is 156 Å². The van der Waals surface area contributed by atoms with Crippen LogP contribution in [0, 0.1) is 0 Å². The summed E-state index contributed by atoms with van der Waals surface area (Å²) < 4.78 is 0. The quantitative estimate of drug-likeness (QED) is 0.653. The largest absolute Gasteiger partial charge is 0.478 e. The molecule has 0 saturated heterocycles. The van der Waals surface area contributed by atoms with E-state index >= 15 is 0 Å². The molecule has 7 nitrogen and oxygen atoms in total. The molecule has 136 valence electrons. The summed E-state index contributed by atoms with van der Waals surface area (Å²) in [6, 6.07) is 13.2. The molecule has 2 heterocycles. The van der Waals surface area contributed by atoms with Crippen LogP contribution in [0.2, 0.25) is 0 Å². The Morgan fingerprint density at radius 2 is 1.85 bits per heavy atom. The van der Waals surface area contributed by atoms with E-state index in [1.807, 2.05) is 12.1 Å². The minimum Gasteiger partial charge on any atom is -0.478 e. The van der Waals surface area contributed by atoms with E-state index in [-0.39, 0.29) is 11.5 Å². The summed E-state index contributed by atoms with van der Waals surface area (Å²) in [7, 11) is 0. The van der Waals surface area contributed by atoms with E-state index in [9.17, 15) is 4.79 Å². The highest BCUT2D eigenvalue weighted by Crippen LogP contribution is 2.33. The summed E-state index contributed by atoms with van der Waals surface area (Å²) in [5.74, 6) is -0.334. The second-order valence-corrected chi connectivity index (χ2v) is 6.54. The lowest BCUT2D eigenvalue weighted by Gasteiger charge is -2.20. The van der Waals surface area contributed by atoms with Gasteiger partial charge in [-0.2, -0.15) is 4.98 Å². The molecule has 0 spiro atoms. The smallest absolute Gasteiger partial charge is 0.335 e. The summed E-state index contributed by atoms with van der Waals surface area (Å²) in [4.78, 5) is 21.3. The first-order valence-electron chi connectivity index (χ1n) is 8.60. The molecule has 2 aromatic carbocycles. The summed E-state index contributed by atoms with van der Waals surface area (Å²) in [6.07, 6.45) is 2.61. The molecule has 0 radical (unpaired) electrons. The fourth-order valence-corrected chi connectivity index (χ4v) is 3.38. The topological polar surface area (TPSA) is 118 Å². The van der Waals surface area contributed by atoms with E-state index in [4.69, 9.17) is 16.6 Å². The molecule has 3 aromatic rings. The highest BCUT2D eigenvalue weighted by atomic mass is 16.4. The van der Waals surface area contributed by atoms with Crippen molar-refractivity contribution in [2.45, 2.75) is 13.0 Å². The maximum Gasteiger partial charge on any atom is 0.335 e. The maximum absolute atomic E-state index is 11.0. The van der Waals surface area contributed by atoms with Gasteiger partial charge in [0.1, 0.15) is 5.82 Å². The number of nitrogen functional groups attached to an aromatic ring is 2. The number of hydrogen-bond acceptors (Lipinski definition) is 6. The van der Waals surface area contributed by atoms with E-state index in [1.165, 1.54) is 5.56 Å². The number of aromatic carboxylic acids is 1. The number of carbonyl (C=O) groups is 1. The van der Waals surface area contributed by atoms with Crippen LogP contribution in [0.25, 0.3) is 11.1 Å². The number of aromatic nitrogens is 2. The molecule has 1 aromatic heterocycles. The number of anilines is 3. The van der Waals surface area contributed by atoms with Crippen molar-refractivity contribution in [3.63, 3.8) is 0 Å². The molecule has 0 unspecified atom stereocenters. The summed E-state index contributed by atoms with van der Waals surface area (Å²) in [6.45, 7) is 1.52. The van der Waals surface area contributed by atoms with Crippen LogP contribution in [0.3, 0.4) is 0 Å². The zero-order valence-corrected chi connectivity index (χ0v) is 14.6. The summed E-state index contributed by atoms with van der Waals surface area (Å²) in [5, 5.41) is 9.03. The summed E-state index contributed by atoms with van der Waals surface area (Å²) >= 11 is 0. The predicted octanol–water partition coefficient (Wildman–Crippen LogP) is 2.57. The third-order valence-corrected chi connectivity index (χ3v) is 4.81. The number of fused-ring (bicyclic) bond motifs is 1. The number of carboxylic acids is 1. The van der Waals surface area contributed by atoms with Gasteiger partial charge < -0.3 is 21.5 Å². The Morgan fingerprint density at radius 3 is 2.56 bits per heavy atom. The van der Waals surface area contributed by atoms with Crippen LogP contribution >= 0.6 is 0 Å². The Morgan fingerprint density at radius 1 is 1.11 bits per heavy atom. The Hall–Kier alpha value is -3.61. The molecule has 0 saturated carbocycles. The second kappa shape index (κ2) is 6.60. The molecule has 1 aliphatic rings. The van der Waals surface area contributed by atoms with Gasteiger partial charge in [0.15, 0.2) is 0 Å². The van der Waals surface area contributed by atoms with E-state index in [0.29, 0.717) is 12.4 Å². The van der Waals surface area contributed by atoms with Gasteiger partial charge in [0.25, 0.3) is 0 Å². The maximum atomic E-state index is 11.0. The van der Waals surface area contributed by atoms with E-state index in [1.54, 1.807) is 18.3 Å². The number of nitrogens with two attached hydrogens (primary N) is 2. The molecule has 4 rings (SSSR count). The Balaban J connectivity index is 1.57. The van der Waals surface area contributed by atoms with Crippen molar-refractivity contribution in [2.24, 2.45) is 0 Å². The average Bonchev–Trinajstić information content (AvgIpc) is 3.06. The highest BCUT2D eigenvalue weighted by molar-refractivity contribution is 5.88. The third-order valence-electron chi connectivity index (χ3n) is 4.81. The van der Waals surface area contributed by atoms with Crippen molar-refractivity contribution in [1.82, 2.24) is 9.97 Å². The normalized spacial score (nSPS) is 12.8. The molecule has 0 fully saturated rings. The molecule has 0 aliphatic carbocycles. The molecule has 0 amide bonds. The molecule has 5 N–H and O–H groups in total. The van der Waals surface area contributed by atoms with Crippen LogP contribution < -0.4 is 16.4 Å². The Kier molecular flexibility index (Phi) is 4.12. The van der Waals surface area contributed by atoms with Gasteiger partial charge in [-0.25, -0.2) is 9.78 Å². The fraction of sp³-hybridized carbons (Fsp3) is 0.150. The van der Waals surface area contributed by atoms with Crippen molar-refractivity contribution in [2.75, 3.05) is 22.9 Å². The SMILES string of the molecule is Nc1ncc(CN2CCc3cc(-c4ccc(C(=O)O)cc4)ccc32)c(N)n1. The van der Waals surface area contributed by atoms with E-state index < -0.39 is 5.97 Å². The van der Waals surface area contributed by atoms with Crippen molar-refractivity contribution in [3.05, 3.63) is 65.4 Å². The monoisotopic (exact) mass is 361 g/mol. The molecule has 27 heavy (non-hydrogen) atoms. The third kappa shape index (κ3) is 3.27. The van der Waals surface area contributed by atoms with Crippen LogP contribution in [0.5, 0.6) is 0 Å². The first-order valence-corrected chi connectivity index (χ1v) is 8.60. The van der Waals surface area contributed by atoms with Crippen LogP contribution in [-0.4, -0.2) is 27.6 Å². The summed E-state index contributed by atoms with van der Waals surface area (Å²) in [5.41, 5.74) is 17.1. The number of carboxylic acid groups (broad SMARTS) is 1. The first kappa shape index (κ1) is 16.8. The Bertz CT molecular complexity index is 1020. The number of benzene rings is 2. The van der Waals surface area contributed by atoms with Gasteiger partial charge >= 0.3 is 5.97 Å². The van der Waals surface area contributed by atoms with Gasteiger partial charge in [0.05, 0.1) is 5.56 Å². The standard InChI is InChI=1S/C20H19N5O2/c21-18-16(10-23-20(22)24-18)11-25-8-7-15-9-14(5-6-17(15)25)12-1-3-13(4-2-12)19(26)27/h1-6,9-10H,7-8,11H2,(H,26,27)(H4,21,22,23,24). The first-order chi connectivity index (χ1) is 13.0. The van der Waals surface area contributed by atoms with Crippen molar-refractivity contribution in [1.29, 1.82) is 0 Å². The van der Waals surface area contributed by atoms with E-state index in [2.05, 4.69) is 33.1 Å². The van der Waals surface area contributed by atoms with Gasteiger partial charge in [0.2, 0.25) is 5.95 Å². The molecular formula is C20H19N5O2. The predicted molar refractivity (Wildman–Crippen MR) is 104 cm³/mol. The van der Waals surface area contributed by atoms with Gasteiger partial charge in [-0.1, -0.05) is 18.2 Å². The van der Waals surface area contributed by atoms with Gasteiger partial charge in [-0.05, 0) is 47.4 Å². The van der Waals surface area contributed by atoms with Crippen molar-refractivity contribution >= 4 is 23.4 Å². The van der Waals surface area contributed by atoms with Crippen LogP contribution in [-0.2, 0) is 13.0 Å². The number of rotatable bonds is 4. The zero-order chi connectivity index (χ0) is 19.0. The zero-order valence-electron chi connectivity index (χ0n) is 14.6. The lowest BCUT2D eigenvalue weighted by molar-refractivity contribution is 0.0697. The van der Waals surface area contributed by atoms with Gasteiger partial charge in [-0.15, -0.1) is 0 Å².